The topological polar surface area (TPSA) is 83.6 Å². The molecule has 0 saturated heterocycles. The van der Waals surface area contributed by atoms with Crippen molar-refractivity contribution in [2.45, 2.75) is 67.5 Å². The van der Waals surface area contributed by atoms with Crippen molar-refractivity contribution in [2.75, 3.05) is 41.4 Å². The molecule has 0 radical (unpaired) electrons. The van der Waals surface area contributed by atoms with Crippen molar-refractivity contribution < 1.29 is 71.0 Å². The molecule has 6 aliphatic rings. The van der Waals surface area contributed by atoms with Gasteiger partial charge >= 0.3 is 18.9 Å². The Kier molecular flexibility index (Phi) is 11.1. The van der Waals surface area contributed by atoms with Crippen LogP contribution in [0.1, 0.15) is 49.4 Å². The van der Waals surface area contributed by atoms with E-state index < -0.39 is 12.2 Å². The van der Waals surface area contributed by atoms with Crippen molar-refractivity contribution in [2.24, 2.45) is 0 Å². The molecule has 4 heterocycles. The molecule has 11 heteroatoms. The molecule has 6 atom stereocenters. The Morgan fingerprint density at radius 2 is 1.44 bits per heavy atom. The van der Waals surface area contributed by atoms with Gasteiger partial charge in [-0.3, -0.25) is 0 Å². The van der Waals surface area contributed by atoms with Crippen LogP contribution in [0.5, 0.6) is 23.0 Å². The van der Waals surface area contributed by atoms with E-state index >= 15 is 0 Å². The maximum absolute atomic E-state index is 9.97. The Morgan fingerprint density at radius 3 is 2.04 bits per heavy atom. The summed E-state index contributed by atoms with van der Waals surface area (Å²) < 4.78 is 25.7. The molecule has 2 aromatic carbocycles. The summed E-state index contributed by atoms with van der Waals surface area (Å²) >= 11 is 0. The zero-order chi connectivity index (χ0) is 29.2. The number of ether oxygens (including phenoxy) is 4. The molecule has 2 aromatic rings. The van der Waals surface area contributed by atoms with Gasteiger partial charge in [0.1, 0.15) is 25.8 Å². The first-order valence-corrected chi connectivity index (χ1v) is 15.0. The molecule has 2 spiro atoms. The number of nitrogens with zero attached hydrogens (tertiary/aromatic N) is 2. The Bertz CT molecular complexity index is 1500. The first kappa shape index (κ1) is 36.1. The van der Waals surface area contributed by atoms with Crippen LogP contribution in [0.2, 0.25) is 0 Å². The van der Waals surface area contributed by atoms with Crippen LogP contribution in [0.15, 0.2) is 48.6 Å². The van der Waals surface area contributed by atoms with Crippen LogP contribution >= 0.6 is 0 Å². The number of aliphatic hydroxyl groups excluding tert-OH is 2. The molecule has 0 bridgehead atoms. The molecule has 2 aliphatic carbocycles. The van der Waals surface area contributed by atoms with Crippen LogP contribution in [0.3, 0.4) is 0 Å². The van der Waals surface area contributed by atoms with Crippen LogP contribution in [0.4, 0.5) is 0 Å². The van der Waals surface area contributed by atoms with Gasteiger partial charge in [0.25, 0.3) is 0 Å². The standard InChI is InChI=1S/C17H21NO3.C17H20NO3.Al.BrH.Li.4H/c2*1-18-8-7-17-6-5-12(19)9-14(17)21-16-13(20-2)4-3-11(10-18)15(16)17;;;;;;;/h3-6,12,14,19H,7-10H2,1-2H3;3-6,10,12,14,19H,7-9H2,1-2H3;;1H;;;;;/q;+1;;;+1;;;;-1/p-1/t2*12-,14-,17-;;;;;;;/m00......./s1. The number of methoxy groups -OCH3 is 2. The average Bonchev–Trinajstić information content (AvgIpc) is 3.38. The molecule has 8 nitrogen and oxygen atoms in total. The minimum atomic E-state index is -0.422. The molecule has 45 heavy (non-hydrogen) atoms. The van der Waals surface area contributed by atoms with E-state index in [1.807, 2.05) is 24.3 Å². The van der Waals surface area contributed by atoms with E-state index in [1.54, 1.807) is 14.2 Å². The zero-order valence-electron chi connectivity index (χ0n) is 27.3. The molecule has 8 rings (SSSR count). The second-order valence-corrected chi connectivity index (χ2v) is 12.7. The van der Waals surface area contributed by atoms with Gasteiger partial charge in [-0.05, 0) is 43.8 Å². The van der Waals surface area contributed by atoms with Crippen molar-refractivity contribution in [3.8, 4) is 23.0 Å². The Labute approximate surface area is 300 Å². The SMILES string of the molecule is COc1ccc2c3c1O[C@H]1C[C@@H](O)C=C[C@@]31CCN(C)C2.COc1ccc2c3c1O[C@H]1C[C@@H](O)C=C[C@@]31CC[N+](C)=C2.[AlH3].[Br-].[H-].[Li+]. The molecular weight excluding hydrogens is 646 g/mol. The smallest absolute Gasteiger partial charge is 1.00 e. The zero-order valence-corrected chi connectivity index (χ0v) is 27.8. The largest absolute Gasteiger partial charge is 1.00 e. The van der Waals surface area contributed by atoms with Gasteiger partial charge in [0.2, 0.25) is 0 Å². The van der Waals surface area contributed by atoms with Gasteiger partial charge in [-0.2, -0.15) is 0 Å². The average molecular weight is 692 g/mol. The molecule has 0 fully saturated rings. The number of halogens is 1. The Balaban J connectivity index is 0.000000230. The van der Waals surface area contributed by atoms with Gasteiger partial charge in [-0.25, -0.2) is 4.58 Å². The fraction of sp³-hybridized carbons (Fsp3) is 0.500. The third kappa shape index (κ3) is 5.85. The summed E-state index contributed by atoms with van der Waals surface area (Å²) in [7, 11) is 7.62. The van der Waals surface area contributed by atoms with E-state index in [9.17, 15) is 10.2 Å². The van der Waals surface area contributed by atoms with Crippen molar-refractivity contribution >= 4 is 23.6 Å². The van der Waals surface area contributed by atoms with Crippen LogP contribution in [-0.2, 0) is 17.4 Å². The maximum atomic E-state index is 9.97. The van der Waals surface area contributed by atoms with Crippen molar-refractivity contribution in [1.29, 1.82) is 0 Å². The number of hydrogen-bond acceptors (Lipinski definition) is 7. The van der Waals surface area contributed by atoms with E-state index in [4.69, 9.17) is 18.9 Å². The summed E-state index contributed by atoms with van der Waals surface area (Å²) in [5.74, 6) is 3.32. The van der Waals surface area contributed by atoms with Crippen LogP contribution in [0.25, 0.3) is 0 Å². The van der Waals surface area contributed by atoms with Gasteiger partial charge in [-0.15, -0.1) is 0 Å². The summed E-state index contributed by atoms with van der Waals surface area (Å²) in [5, 5.41) is 19.9. The van der Waals surface area contributed by atoms with Gasteiger partial charge in [0.05, 0.1) is 37.3 Å². The molecule has 2 N–H and O–H groups in total. The van der Waals surface area contributed by atoms with Crippen molar-refractivity contribution in [3.63, 3.8) is 0 Å². The van der Waals surface area contributed by atoms with Crippen LogP contribution < -0.4 is 54.8 Å². The fourth-order valence-corrected chi connectivity index (χ4v) is 7.99. The molecule has 238 valence electrons. The second kappa shape index (κ2) is 13.8. The quantitative estimate of drug-likeness (QED) is 0.191. The number of rotatable bonds is 2. The van der Waals surface area contributed by atoms with E-state index in [-0.39, 0.29) is 77.7 Å². The van der Waals surface area contributed by atoms with Crippen molar-refractivity contribution in [1.82, 2.24) is 4.90 Å². The number of benzene rings is 2. The number of hydrogen-bond donors (Lipinski definition) is 2. The first-order chi connectivity index (χ1) is 20.3. The summed E-state index contributed by atoms with van der Waals surface area (Å²) in [6, 6.07) is 8.23. The van der Waals surface area contributed by atoms with E-state index in [2.05, 4.69) is 54.1 Å². The molecule has 0 saturated carbocycles. The minimum Gasteiger partial charge on any atom is -1.00 e. The van der Waals surface area contributed by atoms with Gasteiger partial charge < -0.3 is 52.5 Å². The van der Waals surface area contributed by atoms with E-state index in [0.717, 1.165) is 55.5 Å². The monoisotopic (exact) mass is 690 g/mol. The third-order valence-electron chi connectivity index (χ3n) is 10.1. The van der Waals surface area contributed by atoms with Crippen molar-refractivity contribution in [3.05, 3.63) is 70.8 Å². The molecule has 0 amide bonds. The van der Waals surface area contributed by atoms with Gasteiger partial charge in [0, 0.05) is 42.5 Å². The summed E-state index contributed by atoms with van der Waals surface area (Å²) in [6.45, 7) is 2.92. The molecule has 4 aliphatic heterocycles. The predicted molar refractivity (Wildman–Crippen MR) is 171 cm³/mol. The molecule has 0 aromatic heterocycles. The van der Waals surface area contributed by atoms with E-state index in [0.29, 0.717) is 12.8 Å². The summed E-state index contributed by atoms with van der Waals surface area (Å²) in [4.78, 5) is 2.35. The van der Waals surface area contributed by atoms with Crippen LogP contribution in [0, 0.1) is 0 Å². The summed E-state index contributed by atoms with van der Waals surface area (Å²) in [5.41, 5.74) is 4.76. The second-order valence-electron chi connectivity index (χ2n) is 12.7. The predicted octanol–water partition coefficient (Wildman–Crippen LogP) is -3.73. The third-order valence-corrected chi connectivity index (χ3v) is 10.1. The minimum absolute atomic E-state index is 0. The molecular formula is C34H45AlBrLiN2O6. The summed E-state index contributed by atoms with van der Waals surface area (Å²) in [6.07, 6.45) is 12.8. The fourth-order valence-electron chi connectivity index (χ4n) is 7.99. The molecule has 0 unspecified atom stereocenters. The normalized spacial score (nSPS) is 31.0. The number of aliphatic hydroxyl groups is 2. The Morgan fingerprint density at radius 1 is 0.889 bits per heavy atom. The van der Waals surface area contributed by atoms with Gasteiger partial charge in [-0.1, -0.05) is 30.4 Å². The van der Waals surface area contributed by atoms with Gasteiger partial charge in [0.15, 0.2) is 46.6 Å². The van der Waals surface area contributed by atoms with E-state index in [1.165, 1.54) is 22.3 Å². The maximum Gasteiger partial charge on any atom is 1.00 e. The first-order valence-electron chi connectivity index (χ1n) is 15.0. The Hall–Kier alpha value is -1.72. The van der Waals surface area contributed by atoms with Crippen LogP contribution in [-0.4, -0.2) is 109 Å².